The normalized spacial score (nSPS) is 17.5. The Morgan fingerprint density at radius 1 is 1.33 bits per heavy atom. The highest BCUT2D eigenvalue weighted by Gasteiger charge is 2.22. The van der Waals surface area contributed by atoms with E-state index in [0.29, 0.717) is 24.7 Å². The Labute approximate surface area is 145 Å². The van der Waals surface area contributed by atoms with Crippen molar-refractivity contribution in [3.63, 3.8) is 0 Å². The minimum absolute atomic E-state index is 0.148. The summed E-state index contributed by atoms with van der Waals surface area (Å²) in [5, 5.41) is 18.7. The fourth-order valence-corrected chi connectivity index (χ4v) is 3.43. The van der Waals surface area contributed by atoms with E-state index < -0.39 is 6.10 Å². The van der Waals surface area contributed by atoms with Crippen LogP contribution in [0.4, 0.5) is 0 Å². The van der Waals surface area contributed by atoms with Crippen LogP contribution in [0.5, 0.6) is 0 Å². The molecule has 1 aromatic carbocycles. The number of benzene rings is 1. The first-order valence-corrected chi connectivity index (χ1v) is 9.06. The van der Waals surface area contributed by atoms with Crippen LogP contribution in [0.3, 0.4) is 0 Å². The lowest BCUT2D eigenvalue weighted by Crippen LogP contribution is -2.40. The highest BCUT2D eigenvalue weighted by atomic mass is 32.1. The predicted molar refractivity (Wildman–Crippen MR) is 92.8 cm³/mol. The summed E-state index contributed by atoms with van der Waals surface area (Å²) in [6.45, 7) is 3.23. The number of nitrogens with one attached hydrogen (secondary N) is 1. The molecule has 0 saturated carbocycles. The molecule has 0 spiro atoms. The molecule has 2 N–H and O–H groups in total. The number of β-amino-alcohol motifs (C(OH)–C–C–N with tert-alkyl or cyclic N) is 1. The monoisotopic (exact) mass is 346 g/mol. The molecule has 1 fully saturated rings. The maximum Gasteiger partial charge on any atom is 0.272 e. The summed E-state index contributed by atoms with van der Waals surface area (Å²) in [7, 11) is 0. The number of nitrogens with zero attached hydrogens (tertiary/aromatic N) is 3. The molecule has 0 unspecified atom stereocenters. The lowest BCUT2D eigenvalue weighted by molar-refractivity contribution is 0.0850. The van der Waals surface area contributed by atoms with E-state index in [-0.39, 0.29) is 5.91 Å². The quantitative estimate of drug-likeness (QED) is 0.833. The zero-order valence-corrected chi connectivity index (χ0v) is 14.3. The smallest absolute Gasteiger partial charge is 0.272 e. The Bertz CT molecular complexity index is 627. The Morgan fingerprint density at radius 2 is 2.08 bits per heavy atom. The van der Waals surface area contributed by atoms with Crippen molar-refractivity contribution in [1.29, 1.82) is 0 Å². The molecule has 128 valence electrons. The molecule has 24 heavy (non-hydrogen) atoms. The van der Waals surface area contributed by atoms with Gasteiger partial charge in [-0.05, 0) is 48.9 Å². The second kappa shape index (κ2) is 8.32. The van der Waals surface area contributed by atoms with E-state index in [4.69, 9.17) is 0 Å². The summed E-state index contributed by atoms with van der Waals surface area (Å²) in [6.07, 6.45) is 1.61. The first kappa shape index (κ1) is 17.0. The molecule has 0 bridgehead atoms. The van der Waals surface area contributed by atoms with Gasteiger partial charge in [0.25, 0.3) is 5.91 Å². The summed E-state index contributed by atoms with van der Waals surface area (Å²) in [5.41, 5.74) is 1.35. The van der Waals surface area contributed by atoms with Crippen LogP contribution in [0.15, 0.2) is 35.7 Å². The van der Waals surface area contributed by atoms with Crippen LogP contribution in [0, 0.1) is 5.92 Å². The van der Waals surface area contributed by atoms with E-state index >= 15 is 0 Å². The van der Waals surface area contributed by atoms with Gasteiger partial charge in [-0.2, -0.15) is 0 Å². The third kappa shape index (κ3) is 4.59. The number of hydrogen-bond donors (Lipinski definition) is 2. The zero-order valence-electron chi connectivity index (χ0n) is 13.5. The highest BCUT2D eigenvalue weighted by Crippen LogP contribution is 2.20. The Morgan fingerprint density at radius 3 is 2.75 bits per heavy atom. The van der Waals surface area contributed by atoms with Crippen molar-refractivity contribution in [2.45, 2.75) is 18.9 Å². The van der Waals surface area contributed by atoms with E-state index in [9.17, 15) is 9.90 Å². The van der Waals surface area contributed by atoms with Crippen LogP contribution in [-0.4, -0.2) is 51.7 Å². The van der Waals surface area contributed by atoms with Crippen molar-refractivity contribution < 1.29 is 9.90 Å². The number of aliphatic hydroxyl groups excluding tert-OH is 1. The number of likely N-dealkylation sites (tertiary alicyclic amines) is 1. The Kier molecular flexibility index (Phi) is 5.90. The first-order chi connectivity index (χ1) is 11.7. The molecule has 1 aliphatic rings. The van der Waals surface area contributed by atoms with E-state index in [1.807, 2.05) is 30.3 Å². The average molecular weight is 346 g/mol. The maximum absolute atomic E-state index is 11.9. The van der Waals surface area contributed by atoms with Gasteiger partial charge in [0, 0.05) is 18.5 Å². The van der Waals surface area contributed by atoms with Gasteiger partial charge in [0.15, 0.2) is 5.69 Å². The molecule has 2 heterocycles. The SMILES string of the molecule is O=C(NCC1CCN(C[C@H](O)c2ccccc2)CC1)c1csnn1. The minimum Gasteiger partial charge on any atom is -0.387 e. The Hall–Kier alpha value is -1.83. The van der Waals surface area contributed by atoms with Crippen molar-refractivity contribution in [2.75, 3.05) is 26.2 Å². The topological polar surface area (TPSA) is 78.4 Å². The highest BCUT2D eigenvalue weighted by molar-refractivity contribution is 7.03. The molecule has 1 saturated heterocycles. The van der Waals surface area contributed by atoms with Gasteiger partial charge in [-0.3, -0.25) is 4.79 Å². The summed E-state index contributed by atoms with van der Waals surface area (Å²) in [6, 6.07) is 9.77. The third-order valence-electron chi connectivity index (χ3n) is 4.47. The molecule has 1 amide bonds. The van der Waals surface area contributed by atoms with Gasteiger partial charge in [0.1, 0.15) is 0 Å². The first-order valence-electron chi connectivity index (χ1n) is 8.23. The maximum atomic E-state index is 11.9. The fraction of sp³-hybridized carbons (Fsp3) is 0.471. The van der Waals surface area contributed by atoms with Gasteiger partial charge >= 0.3 is 0 Å². The van der Waals surface area contributed by atoms with E-state index in [1.165, 1.54) is 11.5 Å². The van der Waals surface area contributed by atoms with Gasteiger partial charge in [-0.25, -0.2) is 0 Å². The number of aliphatic hydroxyl groups is 1. The Balaban J connectivity index is 1.39. The zero-order chi connectivity index (χ0) is 16.8. The summed E-state index contributed by atoms with van der Waals surface area (Å²) in [4.78, 5) is 14.2. The van der Waals surface area contributed by atoms with Crippen LogP contribution < -0.4 is 5.32 Å². The number of carbonyl (C=O) groups is 1. The van der Waals surface area contributed by atoms with Crippen molar-refractivity contribution in [1.82, 2.24) is 19.8 Å². The van der Waals surface area contributed by atoms with Crippen molar-refractivity contribution >= 4 is 17.4 Å². The molecule has 1 aromatic heterocycles. The second-order valence-corrected chi connectivity index (χ2v) is 6.78. The molecule has 6 nitrogen and oxygen atoms in total. The van der Waals surface area contributed by atoms with Crippen molar-refractivity contribution in [3.8, 4) is 0 Å². The number of rotatable bonds is 6. The second-order valence-electron chi connectivity index (χ2n) is 6.17. The minimum atomic E-state index is -0.445. The van der Waals surface area contributed by atoms with Gasteiger partial charge in [0.05, 0.1) is 6.10 Å². The molecule has 0 radical (unpaired) electrons. The van der Waals surface area contributed by atoms with E-state index in [2.05, 4.69) is 19.8 Å². The van der Waals surface area contributed by atoms with Crippen LogP contribution >= 0.6 is 11.5 Å². The standard InChI is InChI=1S/C17H22N4O2S/c22-16(14-4-2-1-3-5-14)11-21-8-6-13(7-9-21)10-18-17(23)15-12-24-20-19-15/h1-5,12-13,16,22H,6-11H2,(H,18,23)/t16-/m0/s1. The summed E-state index contributed by atoms with van der Waals surface area (Å²) >= 11 is 1.18. The fourth-order valence-electron chi connectivity index (χ4n) is 2.99. The largest absolute Gasteiger partial charge is 0.387 e. The number of carbonyl (C=O) groups excluding carboxylic acids is 1. The van der Waals surface area contributed by atoms with Gasteiger partial charge in [0.2, 0.25) is 0 Å². The van der Waals surface area contributed by atoms with Crippen LogP contribution in [0.1, 0.15) is 35.0 Å². The van der Waals surface area contributed by atoms with Gasteiger partial charge in [-0.15, -0.1) is 5.10 Å². The number of aromatic nitrogens is 2. The lowest BCUT2D eigenvalue weighted by Gasteiger charge is -2.33. The van der Waals surface area contributed by atoms with Gasteiger partial charge in [-0.1, -0.05) is 34.8 Å². The molecule has 3 rings (SSSR count). The number of hydrogen-bond acceptors (Lipinski definition) is 6. The third-order valence-corrected chi connectivity index (χ3v) is 4.97. The van der Waals surface area contributed by atoms with Crippen LogP contribution in [0.25, 0.3) is 0 Å². The van der Waals surface area contributed by atoms with E-state index in [0.717, 1.165) is 31.5 Å². The summed E-state index contributed by atoms with van der Waals surface area (Å²) < 4.78 is 3.70. The molecule has 0 aliphatic carbocycles. The molecule has 2 aromatic rings. The summed E-state index contributed by atoms with van der Waals surface area (Å²) in [5.74, 6) is 0.330. The van der Waals surface area contributed by atoms with Crippen molar-refractivity contribution in [2.24, 2.45) is 5.92 Å². The molecular formula is C17H22N4O2S. The van der Waals surface area contributed by atoms with Gasteiger partial charge < -0.3 is 15.3 Å². The molecule has 1 aliphatic heterocycles. The lowest BCUT2D eigenvalue weighted by atomic mass is 9.96. The van der Waals surface area contributed by atoms with Crippen LogP contribution in [0.2, 0.25) is 0 Å². The predicted octanol–water partition coefficient (Wildman–Crippen LogP) is 1.71. The average Bonchev–Trinajstić information content (AvgIpc) is 3.16. The number of amides is 1. The van der Waals surface area contributed by atoms with Crippen LogP contribution in [-0.2, 0) is 0 Å². The van der Waals surface area contributed by atoms with E-state index in [1.54, 1.807) is 5.38 Å². The molecular weight excluding hydrogens is 324 g/mol. The van der Waals surface area contributed by atoms with Crippen molar-refractivity contribution in [3.05, 3.63) is 47.0 Å². The molecule has 1 atom stereocenters. The number of piperidine rings is 1. The molecule has 7 heteroatoms.